The van der Waals surface area contributed by atoms with E-state index in [0.29, 0.717) is 22.1 Å². The van der Waals surface area contributed by atoms with E-state index in [-0.39, 0.29) is 11.4 Å². The van der Waals surface area contributed by atoms with Gasteiger partial charge in [0, 0.05) is 22.6 Å². The summed E-state index contributed by atoms with van der Waals surface area (Å²) in [5.74, 6) is -0.0164. The summed E-state index contributed by atoms with van der Waals surface area (Å²) >= 11 is 1.15. The second-order valence-electron chi connectivity index (χ2n) is 5.81. The van der Waals surface area contributed by atoms with Gasteiger partial charge in [0.25, 0.3) is 5.91 Å². The molecule has 2 heterocycles. The molecule has 0 radical (unpaired) electrons. The van der Waals surface area contributed by atoms with Gasteiger partial charge in [0.05, 0.1) is 5.69 Å². The first-order valence-corrected chi connectivity index (χ1v) is 9.31. The first-order chi connectivity index (χ1) is 14.1. The molecule has 9 heteroatoms. The van der Waals surface area contributed by atoms with Crippen molar-refractivity contribution in [3.8, 4) is 28.3 Å². The summed E-state index contributed by atoms with van der Waals surface area (Å²) in [7, 11) is 0. The normalized spacial score (nSPS) is 10.9. The van der Waals surface area contributed by atoms with Crippen LogP contribution >= 0.6 is 11.3 Å². The lowest BCUT2D eigenvalue weighted by Gasteiger charge is -2.08. The summed E-state index contributed by atoms with van der Waals surface area (Å²) in [5.41, 5.74) is 1.71. The van der Waals surface area contributed by atoms with Crippen LogP contribution in [-0.4, -0.2) is 22.7 Å². The summed E-state index contributed by atoms with van der Waals surface area (Å²) < 4.78 is 34.9. The van der Waals surface area contributed by atoms with Gasteiger partial charge in [-0.2, -0.15) is 8.78 Å². The van der Waals surface area contributed by atoms with Gasteiger partial charge in [-0.3, -0.25) is 10.1 Å². The Hall–Kier alpha value is -3.59. The number of halogens is 2. The molecule has 4 rings (SSSR count). The van der Waals surface area contributed by atoms with Crippen LogP contribution in [0.15, 0.2) is 70.6 Å². The van der Waals surface area contributed by atoms with E-state index in [1.165, 1.54) is 12.1 Å². The average molecular weight is 413 g/mol. The molecule has 0 atom stereocenters. The van der Waals surface area contributed by atoms with E-state index in [0.717, 1.165) is 16.9 Å². The number of thiazole rings is 1. The molecule has 2 aromatic carbocycles. The van der Waals surface area contributed by atoms with Crippen molar-refractivity contribution in [3.05, 3.63) is 71.7 Å². The van der Waals surface area contributed by atoms with Crippen molar-refractivity contribution in [1.82, 2.24) is 10.1 Å². The topological polar surface area (TPSA) is 77.2 Å². The number of hydrogen-bond donors (Lipinski definition) is 1. The highest BCUT2D eigenvalue weighted by atomic mass is 32.1. The maximum atomic E-state index is 12.6. The van der Waals surface area contributed by atoms with Crippen LogP contribution in [0.25, 0.3) is 22.6 Å². The monoisotopic (exact) mass is 413 g/mol. The number of amides is 1. The third kappa shape index (κ3) is 4.30. The molecule has 146 valence electrons. The van der Waals surface area contributed by atoms with Crippen molar-refractivity contribution in [2.75, 3.05) is 5.32 Å². The fourth-order valence-corrected chi connectivity index (χ4v) is 3.32. The number of carbonyl (C=O) groups excluding carboxylic acids is 1. The SMILES string of the molecule is O=C(Nc1nc(-c2ccccc2OC(F)F)cs1)c1cc(-c2ccccc2)on1. The van der Waals surface area contributed by atoms with Crippen LogP contribution in [0.5, 0.6) is 5.75 Å². The minimum atomic E-state index is -2.94. The molecule has 0 saturated heterocycles. The van der Waals surface area contributed by atoms with Gasteiger partial charge in [-0.25, -0.2) is 4.98 Å². The molecule has 0 unspecified atom stereocenters. The lowest BCUT2D eigenvalue weighted by Crippen LogP contribution is -2.11. The van der Waals surface area contributed by atoms with E-state index in [1.54, 1.807) is 23.6 Å². The van der Waals surface area contributed by atoms with E-state index < -0.39 is 12.5 Å². The quantitative estimate of drug-likeness (QED) is 0.463. The molecule has 6 nitrogen and oxygen atoms in total. The molecule has 0 aliphatic rings. The smallest absolute Gasteiger partial charge is 0.387 e. The number of rotatable bonds is 6. The Bertz CT molecular complexity index is 1130. The Morgan fingerprint density at radius 3 is 2.66 bits per heavy atom. The molecular weight excluding hydrogens is 400 g/mol. The zero-order valence-corrected chi connectivity index (χ0v) is 15.5. The van der Waals surface area contributed by atoms with Crippen LogP contribution in [0.4, 0.5) is 13.9 Å². The molecule has 0 bridgehead atoms. The number of nitrogens with one attached hydrogen (secondary N) is 1. The number of anilines is 1. The fraction of sp³-hybridized carbons (Fsp3) is 0.0500. The van der Waals surface area contributed by atoms with Crippen LogP contribution in [0.3, 0.4) is 0 Å². The van der Waals surface area contributed by atoms with Gasteiger partial charge in [0.1, 0.15) is 5.75 Å². The number of para-hydroxylation sites is 1. The molecule has 0 aliphatic carbocycles. The highest BCUT2D eigenvalue weighted by Crippen LogP contribution is 2.33. The van der Waals surface area contributed by atoms with Gasteiger partial charge in [-0.15, -0.1) is 11.3 Å². The number of ether oxygens (including phenoxy) is 1. The van der Waals surface area contributed by atoms with E-state index in [2.05, 4.69) is 20.2 Å². The van der Waals surface area contributed by atoms with Crippen molar-refractivity contribution in [3.63, 3.8) is 0 Å². The fourth-order valence-electron chi connectivity index (χ4n) is 2.61. The second-order valence-corrected chi connectivity index (χ2v) is 6.67. The Kier molecular flexibility index (Phi) is 5.30. The highest BCUT2D eigenvalue weighted by Gasteiger charge is 2.17. The summed E-state index contributed by atoms with van der Waals surface area (Å²) in [6, 6.07) is 17.1. The van der Waals surface area contributed by atoms with Gasteiger partial charge >= 0.3 is 6.61 Å². The van der Waals surface area contributed by atoms with Crippen LogP contribution < -0.4 is 10.1 Å². The molecule has 1 N–H and O–H groups in total. The molecule has 0 fully saturated rings. The van der Waals surface area contributed by atoms with E-state index in [9.17, 15) is 13.6 Å². The third-order valence-electron chi connectivity index (χ3n) is 3.90. The molecule has 0 spiro atoms. The molecule has 4 aromatic rings. The van der Waals surface area contributed by atoms with Gasteiger partial charge < -0.3 is 9.26 Å². The number of benzene rings is 2. The first-order valence-electron chi connectivity index (χ1n) is 8.43. The lowest BCUT2D eigenvalue weighted by atomic mass is 10.1. The Morgan fingerprint density at radius 2 is 1.86 bits per heavy atom. The predicted molar refractivity (Wildman–Crippen MR) is 104 cm³/mol. The molecule has 0 saturated carbocycles. The number of nitrogens with zero attached hydrogens (tertiary/aromatic N) is 2. The predicted octanol–water partition coefficient (Wildman–Crippen LogP) is 5.32. The summed E-state index contributed by atoms with van der Waals surface area (Å²) in [5, 5.41) is 8.35. The Balaban J connectivity index is 1.50. The van der Waals surface area contributed by atoms with E-state index >= 15 is 0 Å². The number of hydrogen-bond acceptors (Lipinski definition) is 6. The summed E-state index contributed by atoms with van der Waals surface area (Å²) in [6.07, 6.45) is 0. The number of alkyl halides is 2. The number of aromatic nitrogens is 2. The Labute approximate surface area is 167 Å². The van der Waals surface area contributed by atoms with Gasteiger partial charge in [-0.1, -0.05) is 47.6 Å². The van der Waals surface area contributed by atoms with Crippen molar-refractivity contribution in [1.29, 1.82) is 0 Å². The molecule has 1 amide bonds. The van der Waals surface area contributed by atoms with Gasteiger partial charge in [0.2, 0.25) is 0 Å². The zero-order valence-electron chi connectivity index (χ0n) is 14.7. The minimum Gasteiger partial charge on any atom is -0.434 e. The zero-order chi connectivity index (χ0) is 20.2. The Morgan fingerprint density at radius 1 is 1.10 bits per heavy atom. The van der Waals surface area contributed by atoms with Crippen molar-refractivity contribution >= 4 is 22.4 Å². The average Bonchev–Trinajstić information content (AvgIpc) is 3.38. The van der Waals surface area contributed by atoms with Crippen molar-refractivity contribution in [2.24, 2.45) is 0 Å². The molecule has 29 heavy (non-hydrogen) atoms. The molecule has 0 aliphatic heterocycles. The highest BCUT2D eigenvalue weighted by molar-refractivity contribution is 7.14. The molecular formula is C20H13F2N3O3S. The number of carbonyl (C=O) groups is 1. The summed E-state index contributed by atoms with van der Waals surface area (Å²) in [4.78, 5) is 16.7. The molecule has 2 aromatic heterocycles. The largest absolute Gasteiger partial charge is 0.434 e. The van der Waals surface area contributed by atoms with E-state index in [4.69, 9.17) is 4.52 Å². The maximum Gasteiger partial charge on any atom is 0.387 e. The van der Waals surface area contributed by atoms with Gasteiger partial charge in [0.15, 0.2) is 16.6 Å². The van der Waals surface area contributed by atoms with Crippen LogP contribution in [0, 0.1) is 0 Å². The summed E-state index contributed by atoms with van der Waals surface area (Å²) in [6.45, 7) is -2.94. The standard InChI is InChI=1S/C20H13F2N3O3S/c21-19(22)27-16-9-5-4-8-13(16)15-11-29-20(23-15)24-18(26)14-10-17(28-25-14)12-6-2-1-3-7-12/h1-11,19H,(H,23,24,26). The maximum absolute atomic E-state index is 12.6. The van der Waals surface area contributed by atoms with Gasteiger partial charge in [-0.05, 0) is 12.1 Å². The van der Waals surface area contributed by atoms with Crippen molar-refractivity contribution in [2.45, 2.75) is 6.61 Å². The van der Waals surface area contributed by atoms with Crippen LogP contribution in [-0.2, 0) is 0 Å². The third-order valence-corrected chi connectivity index (χ3v) is 4.66. The minimum absolute atomic E-state index is 0.00896. The van der Waals surface area contributed by atoms with Crippen LogP contribution in [0.1, 0.15) is 10.5 Å². The van der Waals surface area contributed by atoms with Crippen molar-refractivity contribution < 1.29 is 22.8 Å². The first kappa shape index (κ1) is 18.8. The second kappa shape index (κ2) is 8.19. The lowest BCUT2D eigenvalue weighted by molar-refractivity contribution is -0.0494. The van der Waals surface area contributed by atoms with E-state index in [1.807, 2.05) is 30.3 Å². The van der Waals surface area contributed by atoms with Crippen LogP contribution in [0.2, 0.25) is 0 Å².